The van der Waals surface area contributed by atoms with Crippen molar-refractivity contribution in [2.75, 3.05) is 5.32 Å². The second-order valence-corrected chi connectivity index (χ2v) is 6.39. The number of phenols is 1. The van der Waals surface area contributed by atoms with Crippen LogP contribution in [0.4, 0.5) is 10.1 Å². The van der Waals surface area contributed by atoms with Crippen molar-refractivity contribution >= 4 is 34.2 Å². The Morgan fingerprint density at radius 3 is 2.68 bits per heavy atom. The lowest BCUT2D eigenvalue weighted by atomic mass is 10.2. The minimum absolute atomic E-state index is 0.0181. The molecule has 2 aromatic rings. The predicted molar refractivity (Wildman–Crippen MR) is 88.4 cm³/mol. The van der Waals surface area contributed by atoms with Gasteiger partial charge in [-0.25, -0.2) is 4.39 Å². The van der Waals surface area contributed by atoms with Gasteiger partial charge in [-0.3, -0.25) is 4.79 Å². The number of carbonyl (C=O) groups excluding carboxylic acids is 1. The first-order chi connectivity index (χ1) is 10.5. The van der Waals surface area contributed by atoms with Gasteiger partial charge >= 0.3 is 0 Å². The average Bonchev–Trinajstić information content (AvgIpc) is 3.26. The molecule has 1 amide bonds. The molecule has 22 heavy (non-hydrogen) atoms. The van der Waals surface area contributed by atoms with Crippen molar-refractivity contribution in [1.82, 2.24) is 0 Å². The van der Waals surface area contributed by atoms with Crippen LogP contribution in [0.3, 0.4) is 0 Å². The van der Waals surface area contributed by atoms with E-state index in [2.05, 4.69) is 27.9 Å². The number of anilines is 1. The summed E-state index contributed by atoms with van der Waals surface area (Å²) in [6.07, 6.45) is 1.02. The predicted octanol–water partition coefficient (Wildman–Crippen LogP) is 3.69. The molecule has 0 spiro atoms. The Morgan fingerprint density at radius 2 is 2.00 bits per heavy atom. The lowest BCUT2D eigenvalue weighted by molar-refractivity contribution is -0.124. The number of para-hydroxylation sites is 1. The van der Waals surface area contributed by atoms with Crippen LogP contribution in [0.2, 0.25) is 0 Å². The molecule has 2 N–H and O–H groups in total. The molecule has 0 heterocycles. The topological polar surface area (TPSA) is 58.6 Å². The number of hydrogen-bond donors (Lipinski definition) is 2. The van der Waals surface area contributed by atoms with Crippen LogP contribution in [0.15, 0.2) is 42.5 Å². The Balaban J connectivity index is 1.77. The van der Waals surface area contributed by atoms with Crippen LogP contribution < -0.4 is 10.1 Å². The van der Waals surface area contributed by atoms with Crippen molar-refractivity contribution in [3.63, 3.8) is 0 Å². The van der Waals surface area contributed by atoms with Crippen molar-refractivity contribution < 1.29 is 19.0 Å². The maximum absolute atomic E-state index is 13.7. The maximum Gasteiger partial charge on any atom is 0.268 e. The molecule has 6 heteroatoms. The van der Waals surface area contributed by atoms with E-state index in [0.29, 0.717) is 18.5 Å². The van der Waals surface area contributed by atoms with E-state index in [4.69, 9.17) is 4.74 Å². The zero-order valence-electron chi connectivity index (χ0n) is 11.5. The van der Waals surface area contributed by atoms with E-state index in [0.717, 1.165) is 3.57 Å². The number of halogens is 2. The molecular weight excluding hydrogens is 400 g/mol. The molecule has 1 aliphatic rings. The highest BCUT2D eigenvalue weighted by Gasteiger charge is 2.53. The number of benzene rings is 2. The molecule has 4 nitrogen and oxygen atoms in total. The van der Waals surface area contributed by atoms with Gasteiger partial charge in [0, 0.05) is 16.4 Å². The highest BCUT2D eigenvalue weighted by Crippen LogP contribution is 2.42. The molecule has 0 aliphatic heterocycles. The minimum atomic E-state index is -1.06. The van der Waals surface area contributed by atoms with E-state index in [-0.39, 0.29) is 17.4 Å². The summed E-state index contributed by atoms with van der Waals surface area (Å²) >= 11 is 2.09. The van der Waals surface area contributed by atoms with Crippen LogP contribution >= 0.6 is 22.6 Å². The fraction of sp³-hybridized carbons (Fsp3) is 0.188. The maximum atomic E-state index is 13.7. The summed E-state index contributed by atoms with van der Waals surface area (Å²) in [5, 5.41) is 12.4. The second-order valence-electron chi connectivity index (χ2n) is 5.14. The molecule has 0 radical (unpaired) electrons. The Kier molecular flexibility index (Phi) is 3.94. The van der Waals surface area contributed by atoms with E-state index >= 15 is 0 Å². The first-order valence-corrected chi connectivity index (χ1v) is 7.82. The molecule has 1 saturated carbocycles. The van der Waals surface area contributed by atoms with Gasteiger partial charge in [-0.15, -0.1) is 0 Å². The van der Waals surface area contributed by atoms with Crippen LogP contribution in [0, 0.1) is 9.39 Å². The fourth-order valence-corrected chi connectivity index (χ4v) is 2.56. The average molecular weight is 413 g/mol. The van der Waals surface area contributed by atoms with Gasteiger partial charge in [0.15, 0.2) is 17.2 Å². The molecule has 3 rings (SSSR count). The van der Waals surface area contributed by atoms with Gasteiger partial charge < -0.3 is 15.2 Å². The van der Waals surface area contributed by atoms with Crippen molar-refractivity contribution in [3.05, 3.63) is 51.9 Å². The number of rotatable bonds is 4. The zero-order chi connectivity index (χ0) is 15.7. The summed E-state index contributed by atoms with van der Waals surface area (Å²) in [6, 6.07) is 10.9. The molecule has 0 atom stereocenters. The van der Waals surface area contributed by atoms with Crippen LogP contribution in [0.1, 0.15) is 12.8 Å². The van der Waals surface area contributed by atoms with Gasteiger partial charge in [0.2, 0.25) is 0 Å². The third-order valence-electron chi connectivity index (χ3n) is 3.47. The number of aromatic hydroxyl groups is 1. The third kappa shape index (κ3) is 3.01. The number of ether oxygens (including phenoxy) is 1. The highest BCUT2D eigenvalue weighted by molar-refractivity contribution is 14.1. The number of amides is 1. The number of nitrogens with one attached hydrogen (secondary N) is 1. The summed E-state index contributed by atoms with van der Waals surface area (Å²) in [5.41, 5.74) is -0.740. The smallest absolute Gasteiger partial charge is 0.268 e. The first kappa shape index (κ1) is 15.1. The van der Waals surface area contributed by atoms with E-state index in [1.54, 1.807) is 24.3 Å². The lowest BCUT2D eigenvalue weighted by Gasteiger charge is -2.18. The van der Waals surface area contributed by atoms with Gasteiger partial charge in [0.1, 0.15) is 5.75 Å². The molecule has 1 aliphatic carbocycles. The van der Waals surface area contributed by atoms with Crippen molar-refractivity contribution in [3.8, 4) is 11.5 Å². The van der Waals surface area contributed by atoms with E-state index in [9.17, 15) is 14.3 Å². The molecule has 114 valence electrons. The summed E-state index contributed by atoms with van der Waals surface area (Å²) in [6.45, 7) is 0. The quantitative estimate of drug-likeness (QED) is 0.594. The largest absolute Gasteiger partial charge is 0.506 e. The van der Waals surface area contributed by atoms with Gasteiger partial charge in [0.05, 0.1) is 5.69 Å². The lowest BCUT2D eigenvalue weighted by Crippen LogP contribution is -2.35. The molecule has 0 saturated heterocycles. The highest BCUT2D eigenvalue weighted by atomic mass is 127. The van der Waals surface area contributed by atoms with E-state index in [1.165, 1.54) is 18.2 Å². The van der Waals surface area contributed by atoms with Gasteiger partial charge in [-0.1, -0.05) is 12.1 Å². The second kappa shape index (κ2) is 5.75. The fourth-order valence-electron chi connectivity index (χ4n) is 2.07. The van der Waals surface area contributed by atoms with E-state index in [1.807, 2.05) is 0 Å². The molecule has 0 aromatic heterocycles. The third-order valence-corrected chi connectivity index (χ3v) is 4.14. The number of carbonyl (C=O) groups is 1. The van der Waals surface area contributed by atoms with Crippen LogP contribution in [0.5, 0.6) is 11.5 Å². The molecular formula is C16H13FINO3. The number of phenolic OH excluding ortho intramolecular Hbond substituents is 1. The van der Waals surface area contributed by atoms with Crippen LogP contribution in [0.25, 0.3) is 0 Å². The summed E-state index contributed by atoms with van der Waals surface area (Å²) < 4.78 is 20.1. The van der Waals surface area contributed by atoms with Gasteiger partial charge in [-0.05, 0) is 52.9 Å². The first-order valence-electron chi connectivity index (χ1n) is 6.74. The molecule has 1 fully saturated rings. The Bertz CT molecular complexity index is 731. The summed E-state index contributed by atoms with van der Waals surface area (Å²) in [7, 11) is 0. The minimum Gasteiger partial charge on any atom is -0.506 e. The Labute approximate surface area is 140 Å². The monoisotopic (exact) mass is 413 g/mol. The van der Waals surface area contributed by atoms with Crippen molar-refractivity contribution in [1.29, 1.82) is 0 Å². The van der Waals surface area contributed by atoms with Crippen LogP contribution in [-0.4, -0.2) is 16.6 Å². The molecule has 2 aromatic carbocycles. The summed E-state index contributed by atoms with van der Waals surface area (Å²) in [5.74, 6) is -0.843. The summed E-state index contributed by atoms with van der Waals surface area (Å²) in [4.78, 5) is 12.4. The van der Waals surface area contributed by atoms with E-state index < -0.39 is 11.4 Å². The number of hydrogen-bond acceptors (Lipinski definition) is 3. The van der Waals surface area contributed by atoms with Gasteiger partial charge in [-0.2, -0.15) is 0 Å². The molecule has 0 unspecified atom stereocenters. The SMILES string of the molecule is O=C(Nc1cc(I)ccc1O)C1(Oc2ccccc2F)CC1. The Hall–Kier alpha value is -1.83. The molecule has 0 bridgehead atoms. The van der Waals surface area contributed by atoms with Crippen molar-refractivity contribution in [2.45, 2.75) is 18.4 Å². The van der Waals surface area contributed by atoms with Crippen molar-refractivity contribution in [2.24, 2.45) is 0 Å². The zero-order valence-corrected chi connectivity index (χ0v) is 13.6. The van der Waals surface area contributed by atoms with Crippen LogP contribution in [-0.2, 0) is 4.79 Å². The Morgan fingerprint density at radius 1 is 1.27 bits per heavy atom. The standard InChI is InChI=1S/C16H13FINO3/c17-11-3-1-2-4-14(11)22-16(7-8-16)15(21)19-12-9-10(18)5-6-13(12)20/h1-6,9,20H,7-8H2,(H,19,21). The van der Waals surface area contributed by atoms with Gasteiger partial charge in [0.25, 0.3) is 5.91 Å². The normalized spacial score (nSPS) is 15.2.